The van der Waals surface area contributed by atoms with Gasteiger partial charge in [0, 0.05) is 22.2 Å². The van der Waals surface area contributed by atoms with Crippen LogP contribution in [0.15, 0.2) is 47.8 Å². The van der Waals surface area contributed by atoms with Crippen LogP contribution < -0.4 is 25.4 Å². The summed E-state index contributed by atoms with van der Waals surface area (Å²) in [6, 6.07) is 11.2. The number of amides is 3. The van der Waals surface area contributed by atoms with E-state index in [2.05, 4.69) is 20.9 Å². The lowest BCUT2D eigenvalue weighted by Crippen LogP contribution is -2.19. The Morgan fingerprint density at radius 2 is 1.76 bits per heavy atom. The fraction of sp³-hybridized carbons (Fsp3) is 0.105. The molecule has 0 aliphatic carbocycles. The summed E-state index contributed by atoms with van der Waals surface area (Å²) in [4.78, 5) is 28.7. The van der Waals surface area contributed by atoms with Gasteiger partial charge in [0.1, 0.15) is 17.2 Å². The molecule has 0 bridgehead atoms. The maximum atomic E-state index is 12.5. The molecule has 1 aromatic heterocycles. The Morgan fingerprint density at radius 1 is 1.00 bits per heavy atom. The third kappa shape index (κ3) is 5.37. The van der Waals surface area contributed by atoms with E-state index in [9.17, 15) is 9.59 Å². The van der Waals surface area contributed by atoms with E-state index in [1.807, 2.05) is 0 Å². The average Bonchev–Trinajstić information content (AvgIpc) is 3.18. The molecule has 0 saturated heterocycles. The van der Waals surface area contributed by atoms with Crippen LogP contribution in [0.25, 0.3) is 0 Å². The highest BCUT2D eigenvalue weighted by Crippen LogP contribution is 2.29. The highest BCUT2D eigenvalue weighted by molar-refractivity contribution is 7.14. The molecule has 3 rings (SSSR count). The third-order valence-electron chi connectivity index (χ3n) is 3.71. The van der Waals surface area contributed by atoms with Crippen molar-refractivity contribution < 1.29 is 19.1 Å². The molecule has 3 amide bonds. The first-order valence-electron chi connectivity index (χ1n) is 8.31. The summed E-state index contributed by atoms with van der Waals surface area (Å²) in [6.45, 7) is 0. The summed E-state index contributed by atoms with van der Waals surface area (Å²) in [5.74, 6) is 0.606. The summed E-state index contributed by atoms with van der Waals surface area (Å²) in [5, 5.41) is 10.3. The van der Waals surface area contributed by atoms with Crippen LogP contribution in [0, 0.1) is 0 Å². The molecule has 150 valence electrons. The Kier molecular flexibility index (Phi) is 6.53. The van der Waals surface area contributed by atoms with Gasteiger partial charge in [0.25, 0.3) is 5.91 Å². The van der Waals surface area contributed by atoms with Crippen molar-refractivity contribution in [2.75, 3.05) is 30.2 Å². The number of carbonyl (C=O) groups is 2. The average molecular weight is 433 g/mol. The molecule has 0 atom stereocenters. The molecule has 8 nitrogen and oxygen atoms in total. The van der Waals surface area contributed by atoms with Crippen LogP contribution in [0.2, 0.25) is 5.02 Å². The number of anilines is 3. The standard InChI is InChI=1S/C19H17ClN4O4S/c1-27-13-7-8-16(28-2)14(9-13)22-17(25)15-10-29-19(23-15)24-18(26)21-12-5-3-11(20)4-6-12/h3-10H,1-2H3,(H,22,25)(H2,21,23,24,26). The van der Waals surface area contributed by atoms with Crippen LogP contribution in [0.5, 0.6) is 11.5 Å². The molecule has 0 saturated carbocycles. The molecule has 0 fully saturated rings. The van der Waals surface area contributed by atoms with E-state index in [1.54, 1.807) is 47.8 Å². The minimum Gasteiger partial charge on any atom is -0.497 e. The lowest BCUT2D eigenvalue weighted by Gasteiger charge is -2.10. The zero-order valence-corrected chi connectivity index (χ0v) is 17.1. The van der Waals surface area contributed by atoms with Crippen LogP contribution in [0.1, 0.15) is 10.5 Å². The molecule has 3 N–H and O–H groups in total. The molecule has 0 aliphatic rings. The number of methoxy groups -OCH3 is 2. The van der Waals surface area contributed by atoms with Crippen molar-refractivity contribution in [1.82, 2.24) is 4.98 Å². The van der Waals surface area contributed by atoms with Crippen LogP contribution >= 0.6 is 22.9 Å². The maximum absolute atomic E-state index is 12.5. The first-order chi connectivity index (χ1) is 14.0. The van der Waals surface area contributed by atoms with Crippen LogP contribution in [0.4, 0.5) is 21.3 Å². The summed E-state index contributed by atoms with van der Waals surface area (Å²) >= 11 is 6.94. The first kappa shape index (κ1) is 20.4. The fourth-order valence-electron chi connectivity index (χ4n) is 2.33. The first-order valence-corrected chi connectivity index (χ1v) is 9.56. The van der Waals surface area contributed by atoms with Crippen LogP contribution in [-0.4, -0.2) is 31.1 Å². The van der Waals surface area contributed by atoms with Gasteiger partial charge in [-0.3, -0.25) is 10.1 Å². The number of nitrogens with zero attached hydrogens (tertiary/aromatic N) is 1. The highest BCUT2D eigenvalue weighted by atomic mass is 35.5. The second kappa shape index (κ2) is 9.26. The smallest absolute Gasteiger partial charge is 0.325 e. The van der Waals surface area contributed by atoms with Gasteiger partial charge in [-0.25, -0.2) is 9.78 Å². The molecule has 29 heavy (non-hydrogen) atoms. The van der Waals surface area contributed by atoms with Gasteiger partial charge in [-0.2, -0.15) is 0 Å². The number of carbonyl (C=O) groups excluding carboxylic acids is 2. The van der Waals surface area contributed by atoms with Gasteiger partial charge in [0.2, 0.25) is 0 Å². The number of hydrogen-bond donors (Lipinski definition) is 3. The minimum atomic E-state index is -0.483. The Bertz CT molecular complexity index is 1020. The molecule has 0 spiro atoms. The van der Waals surface area contributed by atoms with Gasteiger partial charge >= 0.3 is 6.03 Å². The van der Waals surface area contributed by atoms with Crippen molar-refractivity contribution in [3.8, 4) is 11.5 Å². The van der Waals surface area contributed by atoms with Crippen molar-refractivity contribution >= 4 is 51.4 Å². The zero-order valence-electron chi connectivity index (χ0n) is 15.5. The monoisotopic (exact) mass is 432 g/mol. The van der Waals surface area contributed by atoms with Crippen molar-refractivity contribution in [1.29, 1.82) is 0 Å². The number of ether oxygens (including phenoxy) is 2. The van der Waals surface area contributed by atoms with Crippen molar-refractivity contribution in [3.05, 3.63) is 58.6 Å². The number of thiazole rings is 1. The van der Waals surface area contributed by atoms with Gasteiger partial charge in [0.05, 0.1) is 19.9 Å². The SMILES string of the molecule is COc1ccc(OC)c(NC(=O)c2csc(NC(=O)Nc3ccc(Cl)cc3)n2)c1. The molecular weight excluding hydrogens is 416 g/mol. The topological polar surface area (TPSA) is 102 Å². The molecule has 1 heterocycles. The second-order valence-corrected chi connectivity index (χ2v) is 6.94. The molecule has 0 radical (unpaired) electrons. The Hall–Kier alpha value is -3.30. The van der Waals surface area contributed by atoms with Crippen molar-refractivity contribution in [2.45, 2.75) is 0 Å². The van der Waals surface area contributed by atoms with E-state index in [4.69, 9.17) is 21.1 Å². The van der Waals surface area contributed by atoms with E-state index in [0.29, 0.717) is 27.9 Å². The number of halogens is 1. The quantitative estimate of drug-likeness (QED) is 0.523. The van der Waals surface area contributed by atoms with Gasteiger partial charge in [-0.05, 0) is 36.4 Å². The molecule has 2 aromatic carbocycles. The van der Waals surface area contributed by atoms with Gasteiger partial charge in [-0.15, -0.1) is 11.3 Å². The van der Waals surface area contributed by atoms with Gasteiger partial charge < -0.3 is 20.1 Å². The predicted molar refractivity (Wildman–Crippen MR) is 114 cm³/mol. The van der Waals surface area contributed by atoms with Crippen molar-refractivity contribution in [2.24, 2.45) is 0 Å². The van der Waals surface area contributed by atoms with E-state index < -0.39 is 11.9 Å². The Balaban J connectivity index is 1.64. The third-order valence-corrected chi connectivity index (χ3v) is 4.72. The van der Waals surface area contributed by atoms with Crippen LogP contribution in [-0.2, 0) is 0 Å². The Morgan fingerprint density at radius 3 is 2.45 bits per heavy atom. The number of nitrogens with one attached hydrogen (secondary N) is 3. The second-order valence-electron chi connectivity index (χ2n) is 5.64. The van der Waals surface area contributed by atoms with Gasteiger partial charge in [0.15, 0.2) is 5.13 Å². The number of hydrogen-bond acceptors (Lipinski definition) is 6. The molecule has 3 aromatic rings. The van der Waals surface area contributed by atoms with Crippen LogP contribution in [0.3, 0.4) is 0 Å². The maximum Gasteiger partial charge on any atom is 0.325 e. The zero-order chi connectivity index (χ0) is 20.8. The summed E-state index contributed by atoms with van der Waals surface area (Å²) in [7, 11) is 3.03. The number of aromatic nitrogens is 1. The fourth-order valence-corrected chi connectivity index (χ4v) is 3.14. The lowest BCUT2D eigenvalue weighted by molar-refractivity contribution is 0.102. The number of benzene rings is 2. The largest absolute Gasteiger partial charge is 0.497 e. The normalized spacial score (nSPS) is 10.2. The lowest BCUT2D eigenvalue weighted by atomic mass is 10.2. The number of rotatable bonds is 6. The van der Waals surface area contributed by atoms with Gasteiger partial charge in [-0.1, -0.05) is 11.6 Å². The van der Waals surface area contributed by atoms with E-state index in [-0.39, 0.29) is 10.8 Å². The minimum absolute atomic E-state index is 0.154. The summed E-state index contributed by atoms with van der Waals surface area (Å²) in [5.41, 5.74) is 1.17. The van der Waals surface area contributed by atoms with E-state index in [0.717, 1.165) is 11.3 Å². The molecule has 0 unspecified atom stereocenters. The van der Waals surface area contributed by atoms with Crippen molar-refractivity contribution in [3.63, 3.8) is 0 Å². The predicted octanol–water partition coefficient (Wildman–Crippen LogP) is 4.71. The summed E-state index contributed by atoms with van der Waals surface area (Å²) in [6.07, 6.45) is 0. The molecule has 10 heteroatoms. The molecular formula is C19H17ClN4O4S. The van der Waals surface area contributed by atoms with E-state index >= 15 is 0 Å². The molecule has 0 aliphatic heterocycles. The number of urea groups is 1. The van der Waals surface area contributed by atoms with E-state index in [1.165, 1.54) is 14.2 Å². The Labute approximate surface area is 175 Å². The highest BCUT2D eigenvalue weighted by Gasteiger charge is 2.15. The summed E-state index contributed by atoms with van der Waals surface area (Å²) < 4.78 is 10.4.